The quantitative estimate of drug-likeness (QED) is 0.632. The fraction of sp³-hybridized carbons (Fsp3) is 1.00. The molecule has 2 aliphatic heterocycles. The zero-order chi connectivity index (χ0) is 10.5. The van der Waals surface area contributed by atoms with Crippen molar-refractivity contribution in [2.75, 3.05) is 6.61 Å². The lowest BCUT2D eigenvalue weighted by Crippen LogP contribution is -2.37. The maximum Gasteiger partial charge on any atom is 0.190 e. The molecule has 0 amide bonds. The number of aliphatic hydroxyl groups excluding tert-OH is 2. The molecular weight excluding hydrogens is 200 g/mol. The van der Waals surface area contributed by atoms with Gasteiger partial charge in [0.05, 0.1) is 6.61 Å². The van der Waals surface area contributed by atoms with Crippen LogP contribution in [0.2, 0.25) is 0 Å². The van der Waals surface area contributed by atoms with Crippen molar-refractivity contribution in [2.45, 2.75) is 56.1 Å². The van der Waals surface area contributed by atoms with Crippen LogP contribution in [-0.4, -0.2) is 47.2 Å². The summed E-state index contributed by atoms with van der Waals surface area (Å²) in [4.78, 5) is 0. The average molecular weight is 216 g/mol. The molecule has 2 heterocycles. The molecule has 0 aromatic heterocycles. The third-order valence-corrected chi connectivity index (χ3v) is 3.52. The summed E-state index contributed by atoms with van der Waals surface area (Å²) in [6.45, 7) is -0.201. The molecule has 3 rings (SSSR count). The van der Waals surface area contributed by atoms with Crippen LogP contribution >= 0.6 is 0 Å². The van der Waals surface area contributed by atoms with Crippen LogP contribution in [0.3, 0.4) is 0 Å². The zero-order valence-corrected chi connectivity index (χ0v) is 8.46. The van der Waals surface area contributed by atoms with Gasteiger partial charge in [0, 0.05) is 12.8 Å². The number of fused-ring (bicyclic) bond motifs is 1. The highest BCUT2D eigenvalue weighted by Crippen LogP contribution is 2.45. The molecule has 3 fully saturated rings. The van der Waals surface area contributed by atoms with Crippen LogP contribution in [0.4, 0.5) is 0 Å². The number of hydrogen-bond donors (Lipinski definition) is 2. The maximum absolute atomic E-state index is 9.81. The van der Waals surface area contributed by atoms with Gasteiger partial charge in [-0.1, -0.05) is 0 Å². The molecular formula is C10H16O5. The summed E-state index contributed by atoms with van der Waals surface area (Å²) in [5, 5.41) is 18.8. The van der Waals surface area contributed by atoms with Crippen molar-refractivity contribution in [3.63, 3.8) is 0 Å². The minimum Gasteiger partial charge on any atom is -0.394 e. The van der Waals surface area contributed by atoms with Crippen molar-refractivity contribution in [3.8, 4) is 0 Å². The largest absolute Gasteiger partial charge is 0.394 e. The van der Waals surface area contributed by atoms with Crippen LogP contribution < -0.4 is 0 Å². The van der Waals surface area contributed by atoms with Gasteiger partial charge in [-0.25, -0.2) is 0 Å². The van der Waals surface area contributed by atoms with E-state index in [1.165, 1.54) is 0 Å². The van der Waals surface area contributed by atoms with E-state index in [2.05, 4.69) is 0 Å². The Morgan fingerprint density at radius 1 is 1.20 bits per heavy atom. The molecule has 2 unspecified atom stereocenters. The van der Waals surface area contributed by atoms with Crippen molar-refractivity contribution in [2.24, 2.45) is 0 Å². The van der Waals surface area contributed by atoms with Gasteiger partial charge in [-0.2, -0.15) is 0 Å². The van der Waals surface area contributed by atoms with Gasteiger partial charge in [0.1, 0.15) is 18.3 Å². The van der Waals surface area contributed by atoms with Gasteiger partial charge >= 0.3 is 0 Å². The highest BCUT2D eigenvalue weighted by atomic mass is 16.8. The fourth-order valence-corrected chi connectivity index (χ4v) is 2.71. The van der Waals surface area contributed by atoms with Crippen molar-refractivity contribution >= 4 is 0 Å². The lowest BCUT2D eigenvalue weighted by atomic mass is 10.1. The van der Waals surface area contributed by atoms with Gasteiger partial charge in [0.25, 0.3) is 0 Å². The van der Waals surface area contributed by atoms with E-state index in [0.29, 0.717) is 0 Å². The molecule has 3 aliphatic rings. The van der Waals surface area contributed by atoms with Gasteiger partial charge < -0.3 is 24.4 Å². The number of aliphatic hydroxyl groups is 2. The minimum absolute atomic E-state index is 0.201. The molecule has 0 aromatic rings. The fourth-order valence-electron chi connectivity index (χ4n) is 2.71. The summed E-state index contributed by atoms with van der Waals surface area (Å²) < 4.78 is 16.9. The summed E-state index contributed by atoms with van der Waals surface area (Å²) in [5.74, 6) is -0.517. The minimum atomic E-state index is -0.778. The Labute approximate surface area is 87.9 Å². The Kier molecular flexibility index (Phi) is 2.26. The Balaban J connectivity index is 1.73. The highest BCUT2D eigenvalue weighted by Gasteiger charge is 2.57. The zero-order valence-electron chi connectivity index (χ0n) is 8.46. The first-order valence-corrected chi connectivity index (χ1v) is 5.54. The van der Waals surface area contributed by atoms with E-state index in [-0.39, 0.29) is 6.61 Å². The predicted octanol–water partition coefficient (Wildman–Crippen LogP) is -0.250. The first-order chi connectivity index (χ1) is 7.24. The first kappa shape index (κ1) is 9.99. The molecule has 1 spiro atoms. The summed E-state index contributed by atoms with van der Waals surface area (Å²) >= 11 is 0. The SMILES string of the molecule is OCC1O[C@H]2OC3(CCCC3)O[C@H]2C1O. The van der Waals surface area contributed by atoms with E-state index >= 15 is 0 Å². The van der Waals surface area contributed by atoms with Crippen LogP contribution in [0.15, 0.2) is 0 Å². The molecule has 15 heavy (non-hydrogen) atoms. The second-order valence-corrected chi connectivity index (χ2v) is 4.53. The molecule has 1 saturated carbocycles. The van der Waals surface area contributed by atoms with Crippen LogP contribution in [0.25, 0.3) is 0 Å². The van der Waals surface area contributed by atoms with Gasteiger partial charge in [0.2, 0.25) is 0 Å². The summed E-state index contributed by atoms with van der Waals surface area (Å²) in [7, 11) is 0. The highest BCUT2D eigenvalue weighted by molar-refractivity contribution is 4.96. The summed E-state index contributed by atoms with van der Waals surface area (Å²) in [5.41, 5.74) is 0. The molecule has 86 valence electrons. The first-order valence-electron chi connectivity index (χ1n) is 5.54. The maximum atomic E-state index is 9.81. The lowest BCUT2D eigenvalue weighted by Gasteiger charge is -2.25. The Bertz CT molecular complexity index is 250. The number of rotatable bonds is 1. The van der Waals surface area contributed by atoms with Crippen molar-refractivity contribution in [1.82, 2.24) is 0 Å². The summed E-state index contributed by atoms with van der Waals surface area (Å²) in [6, 6.07) is 0. The van der Waals surface area contributed by atoms with Crippen LogP contribution in [0.1, 0.15) is 25.7 Å². The molecule has 0 radical (unpaired) electrons. The Hall–Kier alpha value is -0.200. The third-order valence-electron chi connectivity index (χ3n) is 3.52. The molecule has 5 heteroatoms. The predicted molar refractivity (Wildman–Crippen MR) is 48.9 cm³/mol. The monoisotopic (exact) mass is 216 g/mol. The Morgan fingerprint density at radius 3 is 2.53 bits per heavy atom. The van der Waals surface area contributed by atoms with E-state index in [1.807, 2.05) is 0 Å². The number of ether oxygens (including phenoxy) is 3. The molecule has 4 atom stereocenters. The molecule has 5 nitrogen and oxygen atoms in total. The van der Waals surface area contributed by atoms with Crippen LogP contribution in [0.5, 0.6) is 0 Å². The van der Waals surface area contributed by atoms with E-state index < -0.39 is 30.4 Å². The molecule has 0 aromatic carbocycles. The van der Waals surface area contributed by atoms with Crippen molar-refractivity contribution < 1.29 is 24.4 Å². The van der Waals surface area contributed by atoms with Crippen LogP contribution in [-0.2, 0) is 14.2 Å². The Morgan fingerprint density at radius 2 is 1.93 bits per heavy atom. The smallest absolute Gasteiger partial charge is 0.190 e. The average Bonchev–Trinajstić information content (AvgIpc) is 2.88. The van der Waals surface area contributed by atoms with E-state index in [4.69, 9.17) is 19.3 Å². The van der Waals surface area contributed by atoms with E-state index in [9.17, 15) is 5.11 Å². The molecule has 2 saturated heterocycles. The second kappa shape index (κ2) is 3.40. The lowest BCUT2D eigenvalue weighted by molar-refractivity contribution is -0.232. The molecule has 1 aliphatic carbocycles. The number of hydrogen-bond acceptors (Lipinski definition) is 5. The van der Waals surface area contributed by atoms with Gasteiger partial charge in [-0.3, -0.25) is 0 Å². The van der Waals surface area contributed by atoms with Gasteiger partial charge in [-0.15, -0.1) is 0 Å². The van der Waals surface area contributed by atoms with E-state index in [1.54, 1.807) is 0 Å². The van der Waals surface area contributed by atoms with Crippen LogP contribution in [0, 0.1) is 0 Å². The summed E-state index contributed by atoms with van der Waals surface area (Å²) in [6.07, 6.45) is 1.66. The second-order valence-electron chi connectivity index (χ2n) is 4.53. The molecule has 0 bridgehead atoms. The molecule has 2 N–H and O–H groups in total. The van der Waals surface area contributed by atoms with E-state index in [0.717, 1.165) is 25.7 Å². The van der Waals surface area contributed by atoms with Crippen molar-refractivity contribution in [3.05, 3.63) is 0 Å². The normalized spacial score (nSPS) is 47.6. The van der Waals surface area contributed by atoms with Crippen molar-refractivity contribution in [1.29, 1.82) is 0 Å². The topological polar surface area (TPSA) is 68.2 Å². The third kappa shape index (κ3) is 1.42. The standard InChI is InChI=1S/C10H16O5/c11-5-6-7(12)8-9(13-6)15-10(14-8)3-1-2-4-10/h6-9,11-12H,1-5H2/t6?,7?,8-,9-/m0/s1. The van der Waals surface area contributed by atoms with Gasteiger partial charge in [0.15, 0.2) is 12.1 Å². The van der Waals surface area contributed by atoms with Gasteiger partial charge in [-0.05, 0) is 12.8 Å².